The minimum atomic E-state index is 0.399. The maximum absolute atomic E-state index is 3.67. The van der Waals surface area contributed by atoms with Crippen LogP contribution in [0.25, 0.3) is 0 Å². The second-order valence-corrected chi connectivity index (χ2v) is 7.16. The number of thiophene rings is 1. The van der Waals surface area contributed by atoms with Crippen molar-refractivity contribution in [1.29, 1.82) is 0 Å². The van der Waals surface area contributed by atoms with Crippen molar-refractivity contribution in [3.8, 4) is 0 Å². The van der Waals surface area contributed by atoms with Crippen LogP contribution in [0.5, 0.6) is 0 Å². The van der Waals surface area contributed by atoms with E-state index in [1.54, 1.807) is 0 Å². The average molecular weight is 352 g/mol. The highest BCUT2D eigenvalue weighted by Crippen LogP contribution is 2.26. The van der Waals surface area contributed by atoms with Crippen LogP contribution in [0, 0.1) is 0 Å². The zero-order valence-electron chi connectivity index (χ0n) is 12.2. The summed E-state index contributed by atoms with van der Waals surface area (Å²) >= 11 is 5.52. The van der Waals surface area contributed by atoms with Crippen molar-refractivity contribution in [3.63, 3.8) is 0 Å². The van der Waals surface area contributed by atoms with E-state index in [-0.39, 0.29) is 0 Å². The first-order valence-electron chi connectivity index (χ1n) is 7.29. The Balaban J connectivity index is 2.14. The zero-order chi connectivity index (χ0) is 14.4. The maximum Gasteiger partial charge on any atom is 0.0369 e. The van der Waals surface area contributed by atoms with E-state index in [2.05, 4.69) is 71.5 Å². The van der Waals surface area contributed by atoms with Gasteiger partial charge in [0, 0.05) is 26.7 Å². The Labute approximate surface area is 134 Å². The third kappa shape index (κ3) is 4.44. The normalized spacial score (nSPS) is 12.6. The van der Waals surface area contributed by atoms with Gasteiger partial charge >= 0.3 is 0 Å². The largest absolute Gasteiger partial charge is 0.310 e. The van der Waals surface area contributed by atoms with Crippen LogP contribution in [-0.2, 0) is 12.8 Å². The fraction of sp³-hybridized carbons (Fsp3) is 0.412. The lowest BCUT2D eigenvalue weighted by Crippen LogP contribution is -2.23. The molecule has 0 saturated carbocycles. The van der Waals surface area contributed by atoms with Gasteiger partial charge in [-0.2, -0.15) is 0 Å². The lowest BCUT2D eigenvalue weighted by atomic mass is 10.0. The molecule has 108 valence electrons. The molecule has 0 bridgehead atoms. The van der Waals surface area contributed by atoms with Crippen LogP contribution in [0.2, 0.25) is 0 Å². The fourth-order valence-electron chi connectivity index (χ4n) is 2.27. The molecule has 3 heteroatoms. The summed E-state index contributed by atoms with van der Waals surface area (Å²) in [6.07, 6.45) is 3.37. The minimum Gasteiger partial charge on any atom is -0.310 e. The van der Waals surface area contributed by atoms with Gasteiger partial charge in [0.2, 0.25) is 0 Å². The smallest absolute Gasteiger partial charge is 0.0369 e. The minimum absolute atomic E-state index is 0.399. The second kappa shape index (κ2) is 7.96. The van der Waals surface area contributed by atoms with Gasteiger partial charge in [-0.1, -0.05) is 41.9 Å². The fourth-order valence-corrected chi connectivity index (χ4v) is 3.69. The Bertz CT molecular complexity index is 535. The molecule has 0 saturated heterocycles. The predicted molar refractivity (Wildman–Crippen MR) is 92.6 cm³/mol. The highest BCUT2D eigenvalue weighted by molar-refractivity contribution is 9.10. The zero-order valence-corrected chi connectivity index (χ0v) is 14.6. The van der Waals surface area contributed by atoms with E-state index >= 15 is 0 Å². The third-order valence-corrected chi connectivity index (χ3v) is 5.11. The molecule has 0 fully saturated rings. The van der Waals surface area contributed by atoms with E-state index in [1.807, 2.05) is 11.3 Å². The van der Waals surface area contributed by atoms with Crippen molar-refractivity contribution in [2.75, 3.05) is 6.54 Å². The topological polar surface area (TPSA) is 12.0 Å². The Morgan fingerprint density at radius 2 is 1.95 bits per heavy atom. The summed E-state index contributed by atoms with van der Waals surface area (Å²) < 4.78 is 1.15. The van der Waals surface area contributed by atoms with Crippen molar-refractivity contribution in [2.24, 2.45) is 0 Å². The van der Waals surface area contributed by atoms with Crippen LogP contribution in [0.4, 0.5) is 0 Å². The van der Waals surface area contributed by atoms with E-state index < -0.39 is 0 Å². The van der Waals surface area contributed by atoms with Gasteiger partial charge in [0.05, 0.1) is 0 Å². The average Bonchev–Trinajstić information content (AvgIpc) is 2.91. The summed E-state index contributed by atoms with van der Waals surface area (Å²) in [6.45, 7) is 5.49. The number of hydrogen-bond acceptors (Lipinski definition) is 2. The molecule has 1 heterocycles. The molecule has 1 unspecified atom stereocenters. The summed E-state index contributed by atoms with van der Waals surface area (Å²) in [5, 5.41) is 3.67. The highest BCUT2D eigenvalue weighted by Gasteiger charge is 2.13. The molecule has 20 heavy (non-hydrogen) atoms. The number of nitrogens with one attached hydrogen (secondary N) is 1. The molecule has 1 aromatic heterocycles. The summed E-state index contributed by atoms with van der Waals surface area (Å²) in [4.78, 5) is 2.94. The third-order valence-electron chi connectivity index (χ3n) is 3.36. The van der Waals surface area contributed by atoms with E-state index in [0.29, 0.717) is 6.04 Å². The van der Waals surface area contributed by atoms with Crippen molar-refractivity contribution in [2.45, 2.75) is 39.2 Å². The van der Waals surface area contributed by atoms with Crippen LogP contribution in [0.15, 0.2) is 40.9 Å². The first kappa shape index (κ1) is 15.7. The first-order chi connectivity index (χ1) is 9.72. The van der Waals surface area contributed by atoms with Gasteiger partial charge < -0.3 is 5.32 Å². The number of rotatable bonds is 7. The Kier molecular flexibility index (Phi) is 6.27. The second-order valence-electron chi connectivity index (χ2n) is 4.99. The molecule has 1 atom stereocenters. The van der Waals surface area contributed by atoms with Crippen LogP contribution >= 0.6 is 27.3 Å². The van der Waals surface area contributed by atoms with E-state index in [0.717, 1.165) is 30.3 Å². The molecule has 2 aromatic rings. The standard InChI is InChI=1S/C17H22BrNS/c1-3-10-19-17(13-6-5-7-14(18)11-13)12-16-9-8-15(4-2)20-16/h5-9,11,17,19H,3-4,10,12H2,1-2H3. The highest BCUT2D eigenvalue weighted by atomic mass is 79.9. The quantitative estimate of drug-likeness (QED) is 0.708. The number of aryl methyl sites for hydroxylation is 1. The van der Waals surface area contributed by atoms with Crippen molar-refractivity contribution < 1.29 is 0 Å². The summed E-state index contributed by atoms with van der Waals surface area (Å²) in [5.41, 5.74) is 1.36. The molecule has 1 aromatic carbocycles. The Morgan fingerprint density at radius 1 is 1.15 bits per heavy atom. The van der Waals surface area contributed by atoms with Crippen LogP contribution in [0.1, 0.15) is 41.6 Å². The SMILES string of the molecule is CCCNC(Cc1ccc(CC)s1)c1cccc(Br)c1. The molecule has 0 aliphatic heterocycles. The molecule has 2 rings (SSSR count). The summed E-state index contributed by atoms with van der Waals surface area (Å²) in [7, 11) is 0. The molecule has 0 spiro atoms. The monoisotopic (exact) mass is 351 g/mol. The van der Waals surface area contributed by atoms with E-state index in [9.17, 15) is 0 Å². The van der Waals surface area contributed by atoms with E-state index in [4.69, 9.17) is 0 Å². The number of hydrogen-bond donors (Lipinski definition) is 1. The molecular formula is C17H22BrNS. The lowest BCUT2D eigenvalue weighted by Gasteiger charge is -2.18. The molecule has 1 N–H and O–H groups in total. The van der Waals surface area contributed by atoms with Gasteiger partial charge in [-0.15, -0.1) is 11.3 Å². The van der Waals surface area contributed by atoms with Crippen molar-refractivity contribution >= 4 is 27.3 Å². The number of halogens is 1. The molecule has 0 amide bonds. The van der Waals surface area contributed by atoms with Crippen LogP contribution in [0.3, 0.4) is 0 Å². The Hall–Kier alpha value is -0.640. The lowest BCUT2D eigenvalue weighted by molar-refractivity contribution is 0.532. The molecule has 1 nitrogen and oxygen atoms in total. The van der Waals surface area contributed by atoms with E-state index in [1.165, 1.54) is 15.3 Å². The van der Waals surface area contributed by atoms with Gasteiger partial charge in [0.15, 0.2) is 0 Å². The molecule has 0 aliphatic carbocycles. The maximum atomic E-state index is 3.67. The van der Waals surface area contributed by atoms with Crippen LogP contribution < -0.4 is 5.32 Å². The van der Waals surface area contributed by atoms with Gasteiger partial charge in [0.25, 0.3) is 0 Å². The summed E-state index contributed by atoms with van der Waals surface area (Å²) in [6, 6.07) is 13.6. The first-order valence-corrected chi connectivity index (χ1v) is 8.90. The molecular weight excluding hydrogens is 330 g/mol. The summed E-state index contributed by atoms with van der Waals surface area (Å²) in [5.74, 6) is 0. The van der Waals surface area contributed by atoms with Crippen molar-refractivity contribution in [3.05, 3.63) is 56.2 Å². The number of benzene rings is 1. The predicted octanol–water partition coefficient (Wildman–Crippen LogP) is 5.36. The van der Waals surface area contributed by atoms with Gasteiger partial charge in [-0.05, 0) is 49.2 Å². The van der Waals surface area contributed by atoms with Gasteiger partial charge in [0.1, 0.15) is 0 Å². The van der Waals surface area contributed by atoms with Gasteiger partial charge in [-0.25, -0.2) is 0 Å². The van der Waals surface area contributed by atoms with Crippen molar-refractivity contribution in [1.82, 2.24) is 5.32 Å². The molecule has 0 aliphatic rings. The van der Waals surface area contributed by atoms with Gasteiger partial charge in [-0.3, -0.25) is 0 Å². The Morgan fingerprint density at radius 3 is 2.60 bits per heavy atom. The molecule has 0 radical (unpaired) electrons. The van der Waals surface area contributed by atoms with Crippen LogP contribution in [-0.4, -0.2) is 6.54 Å².